The first-order valence-corrected chi connectivity index (χ1v) is 6.87. The van der Waals surface area contributed by atoms with Crippen LogP contribution >= 0.6 is 0 Å². The molecule has 1 heterocycles. The van der Waals surface area contributed by atoms with Gasteiger partial charge < -0.3 is 5.32 Å². The molecule has 0 bridgehead atoms. The molecule has 1 fully saturated rings. The highest BCUT2D eigenvalue weighted by Crippen LogP contribution is 2.30. The largest absolute Gasteiger partial charge is 0.352 e. The molecule has 102 valence electrons. The molecule has 2 atom stereocenters. The van der Waals surface area contributed by atoms with Gasteiger partial charge in [0, 0.05) is 19.1 Å². The maximum atomic E-state index is 12.0. The Kier molecular flexibility index (Phi) is 5.15. The van der Waals surface area contributed by atoms with E-state index in [0.29, 0.717) is 0 Å². The van der Waals surface area contributed by atoms with E-state index < -0.39 is 0 Å². The van der Waals surface area contributed by atoms with Gasteiger partial charge in [-0.05, 0) is 40.0 Å². The summed E-state index contributed by atoms with van der Waals surface area (Å²) in [5, 5.41) is 12.1. The van der Waals surface area contributed by atoms with Gasteiger partial charge >= 0.3 is 0 Å². The fraction of sp³-hybridized carbons (Fsp3) is 0.857. The average molecular weight is 251 g/mol. The van der Waals surface area contributed by atoms with Crippen LogP contribution in [0.5, 0.6) is 0 Å². The van der Waals surface area contributed by atoms with Crippen molar-refractivity contribution in [2.24, 2.45) is 5.41 Å². The third-order valence-corrected chi connectivity index (χ3v) is 4.10. The Balaban J connectivity index is 2.47. The van der Waals surface area contributed by atoms with Crippen LogP contribution in [-0.4, -0.2) is 36.0 Å². The van der Waals surface area contributed by atoms with Gasteiger partial charge in [-0.25, -0.2) is 0 Å². The number of carbonyl (C=O) groups is 1. The van der Waals surface area contributed by atoms with Crippen LogP contribution in [0.25, 0.3) is 0 Å². The standard InChI is InChI=1S/C14H25N3O/c1-5-11(2)16-13(18)12(3)17-8-6-14(4,10-15)7-9-17/h11-12H,5-9H2,1-4H3,(H,16,18). The fourth-order valence-corrected chi connectivity index (χ4v) is 2.15. The van der Waals surface area contributed by atoms with Gasteiger partial charge in [-0.3, -0.25) is 9.69 Å². The Morgan fingerprint density at radius 2 is 2.00 bits per heavy atom. The van der Waals surface area contributed by atoms with Crippen LogP contribution in [0.15, 0.2) is 0 Å². The van der Waals surface area contributed by atoms with E-state index >= 15 is 0 Å². The molecule has 1 amide bonds. The van der Waals surface area contributed by atoms with Gasteiger partial charge in [0.05, 0.1) is 17.5 Å². The van der Waals surface area contributed by atoms with E-state index in [2.05, 4.69) is 23.2 Å². The number of nitrogens with one attached hydrogen (secondary N) is 1. The summed E-state index contributed by atoms with van der Waals surface area (Å²) in [7, 11) is 0. The number of likely N-dealkylation sites (tertiary alicyclic amines) is 1. The highest BCUT2D eigenvalue weighted by molar-refractivity contribution is 5.81. The summed E-state index contributed by atoms with van der Waals surface area (Å²) < 4.78 is 0. The molecule has 4 nitrogen and oxygen atoms in total. The lowest BCUT2D eigenvalue weighted by atomic mass is 9.81. The lowest BCUT2D eigenvalue weighted by molar-refractivity contribution is -0.127. The van der Waals surface area contributed by atoms with E-state index in [9.17, 15) is 4.79 Å². The van der Waals surface area contributed by atoms with Gasteiger partial charge in [0.1, 0.15) is 0 Å². The molecule has 1 rings (SSSR count). The van der Waals surface area contributed by atoms with Crippen LogP contribution in [0.1, 0.15) is 47.0 Å². The number of rotatable bonds is 4. The van der Waals surface area contributed by atoms with Crippen molar-refractivity contribution >= 4 is 5.91 Å². The maximum Gasteiger partial charge on any atom is 0.237 e. The molecule has 1 aliphatic rings. The normalized spacial score (nSPS) is 22.8. The number of hydrogen-bond acceptors (Lipinski definition) is 3. The fourth-order valence-electron chi connectivity index (χ4n) is 2.15. The number of nitriles is 1. The molecule has 0 radical (unpaired) electrons. The highest BCUT2D eigenvalue weighted by atomic mass is 16.2. The van der Waals surface area contributed by atoms with E-state index in [1.165, 1.54) is 0 Å². The minimum Gasteiger partial charge on any atom is -0.352 e. The van der Waals surface area contributed by atoms with Crippen molar-refractivity contribution in [1.82, 2.24) is 10.2 Å². The van der Waals surface area contributed by atoms with E-state index in [1.807, 2.05) is 20.8 Å². The molecule has 0 spiro atoms. The van der Waals surface area contributed by atoms with Gasteiger partial charge in [-0.1, -0.05) is 6.92 Å². The number of nitrogens with zero attached hydrogens (tertiary/aromatic N) is 2. The van der Waals surface area contributed by atoms with E-state index in [1.54, 1.807) is 0 Å². The Bertz CT molecular complexity index is 326. The number of piperidine rings is 1. The minimum absolute atomic E-state index is 0.0951. The first-order valence-electron chi connectivity index (χ1n) is 6.87. The summed E-state index contributed by atoms with van der Waals surface area (Å²) in [5.41, 5.74) is -0.205. The molecule has 4 heteroatoms. The van der Waals surface area contributed by atoms with Crippen LogP contribution in [0, 0.1) is 16.7 Å². The summed E-state index contributed by atoms with van der Waals surface area (Å²) in [5.74, 6) is 0.102. The van der Waals surface area contributed by atoms with E-state index in [0.717, 1.165) is 32.4 Å². The third-order valence-electron chi connectivity index (χ3n) is 4.10. The Morgan fingerprint density at radius 3 is 2.44 bits per heavy atom. The average Bonchev–Trinajstić information content (AvgIpc) is 2.38. The van der Waals surface area contributed by atoms with Crippen LogP contribution in [0.4, 0.5) is 0 Å². The maximum absolute atomic E-state index is 12.0. The van der Waals surface area contributed by atoms with Crippen molar-refractivity contribution in [2.75, 3.05) is 13.1 Å². The zero-order chi connectivity index (χ0) is 13.8. The molecule has 0 aromatic carbocycles. The zero-order valence-corrected chi connectivity index (χ0v) is 12.0. The topological polar surface area (TPSA) is 56.1 Å². The van der Waals surface area contributed by atoms with Crippen molar-refractivity contribution in [3.8, 4) is 6.07 Å². The molecule has 18 heavy (non-hydrogen) atoms. The van der Waals surface area contributed by atoms with E-state index in [-0.39, 0.29) is 23.4 Å². The Labute approximate surface area is 110 Å². The second kappa shape index (κ2) is 6.19. The molecule has 1 saturated heterocycles. The molecule has 0 aromatic heterocycles. The number of amides is 1. The summed E-state index contributed by atoms with van der Waals surface area (Å²) in [6.45, 7) is 9.71. The summed E-state index contributed by atoms with van der Waals surface area (Å²) in [6, 6.07) is 2.52. The van der Waals surface area contributed by atoms with Crippen molar-refractivity contribution in [3.63, 3.8) is 0 Å². The van der Waals surface area contributed by atoms with Gasteiger partial charge in [0.2, 0.25) is 5.91 Å². The molecule has 1 aliphatic heterocycles. The van der Waals surface area contributed by atoms with Crippen molar-refractivity contribution in [3.05, 3.63) is 0 Å². The molecule has 0 saturated carbocycles. The first-order chi connectivity index (χ1) is 8.41. The van der Waals surface area contributed by atoms with Crippen molar-refractivity contribution < 1.29 is 4.79 Å². The smallest absolute Gasteiger partial charge is 0.237 e. The molecule has 2 unspecified atom stereocenters. The van der Waals surface area contributed by atoms with Crippen LogP contribution < -0.4 is 5.32 Å². The van der Waals surface area contributed by atoms with Crippen LogP contribution in [-0.2, 0) is 4.79 Å². The highest BCUT2D eigenvalue weighted by Gasteiger charge is 2.33. The third kappa shape index (κ3) is 3.71. The van der Waals surface area contributed by atoms with Gasteiger partial charge in [0.25, 0.3) is 0 Å². The predicted molar refractivity (Wildman–Crippen MR) is 71.9 cm³/mol. The molecule has 1 N–H and O–H groups in total. The van der Waals surface area contributed by atoms with Crippen LogP contribution in [0.2, 0.25) is 0 Å². The number of hydrogen-bond donors (Lipinski definition) is 1. The summed E-state index contributed by atoms with van der Waals surface area (Å²) in [4.78, 5) is 14.2. The Morgan fingerprint density at radius 1 is 1.44 bits per heavy atom. The minimum atomic E-state index is -0.205. The van der Waals surface area contributed by atoms with Crippen molar-refractivity contribution in [2.45, 2.75) is 59.0 Å². The second-order valence-corrected chi connectivity index (χ2v) is 5.70. The predicted octanol–water partition coefficient (Wildman–Crippen LogP) is 1.92. The van der Waals surface area contributed by atoms with Gasteiger partial charge in [-0.2, -0.15) is 5.26 Å². The Hall–Kier alpha value is -1.08. The van der Waals surface area contributed by atoms with Crippen LogP contribution in [0.3, 0.4) is 0 Å². The molecule has 0 aliphatic carbocycles. The van der Waals surface area contributed by atoms with Gasteiger partial charge in [-0.15, -0.1) is 0 Å². The van der Waals surface area contributed by atoms with Crippen molar-refractivity contribution in [1.29, 1.82) is 5.26 Å². The molecular formula is C14H25N3O. The lowest BCUT2D eigenvalue weighted by Crippen LogP contribution is -2.51. The zero-order valence-electron chi connectivity index (χ0n) is 12.0. The van der Waals surface area contributed by atoms with E-state index in [4.69, 9.17) is 5.26 Å². The SMILES string of the molecule is CCC(C)NC(=O)C(C)N1CCC(C)(C#N)CC1. The molecule has 0 aromatic rings. The lowest BCUT2D eigenvalue weighted by Gasteiger charge is -2.37. The monoisotopic (exact) mass is 251 g/mol. The number of carbonyl (C=O) groups excluding carboxylic acids is 1. The van der Waals surface area contributed by atoms with Gasteiger partial charge in [0.15, 0.2) is 0 Å². The molecular weight excluding hydrogens is 226 g/mol. The summed E-state index contributed by atoms with van der Waals surface area (Å²) >= 11 is 0. The first kappa shape index (κ1) is 15.0. The second-order valence-electron chi connectivity index (χ2n) is 5.70. The summed E-state index contributed by atoms with van der Waals surface area (Å²) in [6.07, 6.45) is 2.65. The quantitative estimate of drug-likeness (QED) is 0.830.